The van der Waals surface area contributed by atoms with Gasteiger partial charge in [0.15, 0.2) is 0 Å². The third-order valence-electron chi connectivity index (χ3n) is 4.06. The van der Waals surface area contributed by atoms with Gasteiger partial charge in [0.2, 0.25) is 0 Å². The molecule has 0 aliphatic heterocycles. The van der Waals surface area contributed by atoms with E-state index >= 15 is 0 Å². The van der Waals surface area contributed by atoms with Crippen LogP contribution in [0.3, 0.4) is 0 Å². The minimum atomic E-state index is -1.25. The maximum absolute atomic E-state index is 12.4. The summed E-state index contributed by atoms with van der Waals surface area (Å²) in [6, 6.07) is 7.49. The molecule has 0 bridgehead atoms. The molecule has 0 fully saturated rings. The van der Waals surface area contributed by atoms with Crippen LogP contribution in [0, 0.1) is 10.1 Å². The van der Waals surface area contributed by atoms with Gasteiger partial charge in [0.1, 0.15) is 18.5 Å². The molecule has 11 heteroatoms. The van der Waals surface area contributed by atoms with Gasteiger partial charge in [-0.05, 0) is 29.8 Å². The highest BCUT2D eigenvalue weighted by atomic mass is 16.6. The lowest BCUT2D eigenvalue weighted by Gasteiger charge is -2.22. The number of nitrogens with zero attached hydrogens (tertiary/aromatic N) is 5. The number of nitrogens with one attached hydrogen (secondary N) is 1. The summed E-state index contributed by atoms with van der Waals surface area (Å²) >= 11 is 0. The number of nitro benzene ring substituents is 1. The molecule has 146 valence electrons. The van der Waals surface area contributed by atoms with E-state index < -0.39 is 29.6 Å². The van der Waals surface area contributed by atoms with Crippen LogP contribution in [-0.2, 0) is 6.67 Å². The number of carbonyl (C=O) groups is 1. The fourth-order valence-corrected chi connectivity index (χ4v) is 2.59. The first kappa shape index (κ1) is 19.2. The number of amides is 1. The van der Waals surface area contributed by atoms with Gasteiger partial charge in [-0.1, -0.05) is 0 Å². The van der Waals surface area contributed by atoms with Gasteiger partial charge in [0, 0.05) is 30.7 Å². The van der Waals surface area contributed by atoms with Crippen molar-refractivity contribution in [1.29, 1.82) is 0 Å². The number of aliphatic hydroxyl groups excluding tert-OH is 2. The lowest BCUT2D eigenvalue weighted by Crippen LogP contribution is -2.42. The van der Waals surface area contributed by atoms with Crippen LogP contribution in [-0.4, -0.2) is 53.3 Å². The van der Waals surface area contributed by atoms with Gasteiger partial charge in [-0.15, -0.1) is 0 Å². The number of rotatable bonds is 8. The Morgan fingerprint density at radius 3 is 2.57 bits per heavy atom. The van der Waals surface area contributed by atoms with Crippen LogP contribution >= 0.6 is 0 Å². The van der Waals surface area contributed by atoms with Crippen LogP contribution in [0.2, 0.25) is 0 Å². The summed E-state index contributed by atoms with van der Waals surface area (Å²) in [5, 5.41) is 41.4. The normalized spacial score (nSPS) is 13.1. The van der Waals surface area contributed by atoms with Crippen molar-refractivity contribution in [2.75, 3.05) is 6.61 Å². The molecular weight excluding hydrogens is 368 g/mol. The van der Waals surface area contributed by atoms with Crippen LogP contribution in [0.1, 0.15) is 22.2 Å². The van der Waals surface area contributed by atoms with Gasteiger partial charge < -0.3 is 15.5 Å². The van der Waals surface area contributed by atoms with Crippen molar-refractivity contribution >= 4 is 11.6 Å². The molecule has 3 aromatic rings. The zero-order valence-corrected chi connectivity index (χ0v) is 14.6. The Morgan fingerprint density at radius 2 is 1.96 bits per heavy atom. The van der Waals surface area contributed by atoms with E-state index in [1.165, 1.54) is 35.0 Å². The number of aliphatic hydroxyl groups is 2. The Balaban J connectivity index is 1.65. The standard InChI is InChI=1S/C17H18N6O5/c24-10-15(16(25)12-2-4-13(5-3-12)23(27)28)19-17(26)14-6-9-22(20-14)11-21-8-1-7-18-21/h1-9,15-16,24-25H,10-11H2,(H,19,26). The molecule has 0 saturated heterocycles. The maximum Gasteiger partial charge on any atom is 0.272 e. The second kappa shape index (κ2) is 8.41. The fraction of sp³-hybridized carbons (Fsp3) is 0.235. The van der Waals surface area contributed by atoms with E-state index in [0.717, 1.165) is 0 Å². The smallest absolute Gasteiger partial charge is 0.272 e. The van der Waals surface area contributed by atoms with Crippen molar-refractivity contribution in [2.24, 2.45) is 0 Å². The molecule has 2 unspecified atom stereocenters. The van der Waals surface area contributed by atoms with Gasteiger partial charge in [-0.2, -0.15) is 10.2 Å². The summed E-state index contributed by atoms with van der Waals surface area (Å²) in [5.41, 5.74) is 0.318. The first-order valence-electron chi connectivity index (χ1n) is 8.33. The molecule has 2 atom stereocenters. The van der Waals surface area contributed by atoms with Crippen LogP contribution < -0.4 is 5.32 Å². The van der Waals surface area contributed by atoms with E-state index in [0.29, 0.717) is 12.2 Å². The van der Waals surface area contributed by atoms with E-state index in [9.17, 15) is 25.1 Å². The number of non-ortho nitro benzene ring substituents is 1. The molecule has 0 radical (unpaired) electrons. The Labute approximate surface area is 159 Å². The van der Waals surface area contributed by atoms with E-state index in [1.54, 1.807) is 29.3 Å². The van der Waals surface area contributed by atoms with Gasteiger partial charge in [0.05, 0.1) is 17.6 Å². The predicted octanol–water partition coefficient (Wildman–Crippen LogP) is 0.318. The number of hydrogen-bond donors (Lipinski definition) is 3. The molecule has 3 rings (SSSR count). The number of aromatic nitrogens is 4. The van der Waals surface area contributed by atoms with E-state index in [2.05, 4.69) is 15.5 Å². The lowest BCUT2D eigenvalue weighted by molar-refractivity contribution is -0.384. The van der Waals surface area contributed by atoms with Crippen molar-refractivity contribution in [3.63, 3.8) is 0 Å². The van der Waals surface area contributed by atoms with Gasteiger partial charge in [-0.3, -0.25) is 24.3 Å². The van der Waals surface area contributed by atoms with Crippen molar-refractivity contribution in [1.82, 2.24) is 24.9 Å². The van der Waals surface area contributed by atoms with Crippen LogP contribution in [0.25, 0.3) is 0 Å². The average Bonchev–Trinajstić information content (AvgIpc) is 3.38. The van der Waals surface area contributed by atoms with Crippen LogP contribution in [0.15, 0.2) is 55.0 Å². The molecule has 28 heavy (non-hydrogen) atoms. The second-order valence-electron chi connectivity index (χ2n) is 5.98. The van der Waals surface area contributed by atoms with E-state index in [4.69, 9.17) is 0 Å². The third kappa shape index (κ3) is 4.39. The van der Waals surface area contributed by atoms with Gasteiger partial charge in [-0.25, -0.2) is 0 Å². The van der Waals surface area contributed by atoms with Gasteiger partial charge >= 0.3 is 0 Å². The minimum Gasteiger partial charge on any atom is -0.394 e. The van der Waals surface area contributed by atoms with E-state index in [1.807, 2.05) is 0 Å². The Morgan fingerprint density at radius 1 is 1.21 bits per heavy atom. The first-order chi connectivity index (χ1) is 13.5. The first-order valence-corrected chi connectivity index (χ1v) is 8.33. The molecule has 0 aliphatic carbocycles. The molecule has 2 heterocycles. The fourth-order valence-electron chi connectivity index (χ4n) is 2.59. The zero-order chi connectivity index (χ0) is 20.1. The quantitative estimate of drug-likeness (QED) is 0.373. The number of carbonyl (C=O) groups excluding carboxylic acids is 1. The number of nitro groups is 1. The maximum atomic E-state index is 12.4. The molecule has 1 aromatic carbocycles. The number of hydrogen-bond acceptors (Lipinski definition) is 7. The summed E-state index contributed by atoms with van der Waals surface area (Å²) in [7, 11) is 0. The third-order valence-corrected chi connectivity index (χ3v) is 4.06. The van der Waals surface area contributed by atoms with Crippen molar-refractivity contribution < 1.29 is 19.9 Å². The van der Waals surface area contributed by atoms with Crippen molar-refractivity contribution in [3.05, 3.63) is 76.4 Å². The SMILES string of the molecule is O=C(NC(CO)C(O)c1ccc([N+](=O)[O-])cc1)c1ccn(Cn2cccn2)n1. The largest absolute Gasteiger partial charge is 0.394 e. The van der Waals surface area contributed by atoms with Crippen molar-refractivity contribution in [3.8, 4) is 0 Å². The molecule has 1 amide bonds. The average molecular weight is 386 g/mol. The Bertz CT molecular complexity index is 937. The summed E-state index contributed by atoms with van der Waals surface area (Å²) < 4.78 is 3.15. The van der Waals surface area contributed by atoms with Gasteiger partial charge in [0.25, 0.3) is 11.6 Å². The summed E-state index contributed by atoms with van der Waals surface area (Å²) in [6.07, 6.45) is 3.74. The Kier molecular flexibility index (Phi) is 5.77. The second-order valence-corrected chi connectivity index (χ2v) is 5.98. The summed E-state index contributed by atoms with van der Waals surface area (Å²) in [6.45, 7) is -0.201. The van der Waals surface area contributed by atoms with Crippen LogP contribution in [0.5, 0.6) is 0 Å². The Hall–Kier alpha value is -3.57. The highest BCUT2D eigenvalue weighted by Crippen LogP contribution is 2.20. The highest BCUT2D eigenvalue weighted by molar-refractivity contribution is 5.92. The minimum absolute atomic E-state index is 0.113. The number of benzene rings is 1. The summed E-state index contributed by atoms with van der Waals surface area (Å²) in [5.74, 6) is -0.570. The molecule has 2 aromatic heterocycles. The summed E-state index contributed by atoms with van der Waals surface area (Å²) in [4.78, 5) is 22.5. The molecule has 0 spiro atoms. The molecule has 0 aliphatic rings. The molecular formula is C17H18N6O5. The lowest BCUT2D eigenvalue weighted by atomic mass is 10.0. The molecule has 3 N–H and O–H groups in total. The monoisotopic (exact) mass is 386 g/mol. The molecule has 11 nitrogen and oxygen atoms in total. The van der Waals surface area contributed by atoms with E-state index in [-0.39, 0.29) is 11.4 Å². The predicted molar refractivity (Wildman–Crippen MR) is 96.2 cm³/mol. The highest BCUT2D eigenvalue weighted by Gasteiger charge is 2.24. The van der Waals surface area contributed by atoms with Crippen LogP contribution in [0.4, 0.5) is 5.69 Å². The topological polar surface area (TPSA) is 148 Å². The zero-order valence-electron chi connectivity index (χ0n) is 14.6. The van der Waals surface area contributed by atoms with Crippen molar-refractivity contribution in [2.45, 2.75) is 18.8 Å². The molecule has 0 saturated carbocycles.